The first kappa shape index (κ1) is 9.47. The Morgan fingerprint density at radius 1 is 1.23 bits per heavy atom. The lowest BCUT2D eigenvalue weighted by molar-refractivity contribution is 0.0181. The molecule has 2 unspecified atom stereocenters. The van der Waals surface area contributed by atoms with E-state index in [9.17, 15) is 0 Å². The standard InChI is InChI=1S/C11H21NO/c1-11(5-2-10(12)8-11)9-3-6-13-7-4-9/h9-10H,2-8,12H2,1H3. The van der Waals surface area contributed by atoms with Crippen LogP contribution in [0.2, 0.25) is 0 Å². The van der Waals surface area contributed by atoms with Gasteiger partial charge >= 0.3 is 0 Å². The Balaban J connectivity index is 1.97. The van der Waals surface area contributed by atoms with Crippen molar-refractivity contribution in [2.24, 2.45) is 17.1 Å². The van der Waals surface area contributed by atoms with Gasteiger partial charge < -0.3 is 10.5 Å². The number of hydrogen-bond donors (Lipinski definition) is 1. The van der Waals surface area contributed by atoms with Crippen molar-refractivity contribution in [3.63, 3.8) is 0 Å². The van der Waals surface area contributed by atoms with Gasteiger partial charge in [0.05, 0.1) is 0 Å². The van der Waals surface area contributed by atoms with Gasteiger partial charge in [0, 0.05) is 19.3 Å². The minimum atomic E-state index is 0.466. The highest BCUT2D eigenvalue weighted by Crippen LogP contribution is 2.46. The van der Waals surface area contributed by atoms with E-state index in [0.717, 1.165) is 19.1 Å². The number of ether oxygens (including phenoxy) is 1. The molecule has 0 aromatic heterocycles. The quantitative estimate of drug-likeness (QED) is 0.674. The second kappa shape index (κ2) is 3.58. The van der Waals surface area contributed by atoms with Crippen LogP contribution in [0.15, 0.2) is 0 Å². The van der Waals surface area contributed by atoms with Crippen LogP contribution in [-0.2, 0) is 4.74 Å². The molecule has 0 aromatic rings. The molecule has 2 nitrogen and oxygen atoms in total. The molecule has 0 radical (unpaired) electrons. The topological polar surface area (TPSA) is 35.2 Å². The fourth-order valence-electron chi connectivity index (χ4n) is 3.08. The van der Waals surface area contributed by atoms with Crippen molar-refractivity contribution in [2.75, 3.05) is 13.2 Å². The smallest absolute Gasteiger partial charge is 0.0468 e. The summed E-state index contributed by atoms with van der Waals surface area (Å²) in [7, 11) is 0. The van der Waals surface area contributed by atoms with E-state index in [0.29, 0.717) is 11.5 Å². The van der Waals surface area contributed by atoms with E-state index in [4.69, 9.17) is 10.5 Å². The molecule has 1 aliphatic heterocycles. The second-order valence-electron chi connectivity index (χ2n) is 5.04. The van der Waals surface area contributed by atoms with E-state index in [1.54, 1.807) is 0 Å². The predicted octanol–water partition coefficient (Wildman–Crippen LogP) is 1.93. The molecule has 2 rings (SSSR count). The van der Waals surface area contributed by atoms with Crippen LogP contribution in [0, 0.1) is 11.3 Å². The number of rotatable bonds is 1. The van der Waals surface area contributed by atoms with Gasteiger partial charge in [0.15, 0.2) is 0 Å². The number of nitrogens with two attached hydrogens (primary N) is 1. The first-order valence-electron chi connectivity index (χ1n) is 5.54. The average Bonchev–Trinajstić information content (AvgIpc) is 2.49. The fraction of sp³-hybridized carbons (Fsp3) is 1.00. The lowest BCUT2D eigenvalue weighted by Crippen LogP contribution is -2.31. The molecular formula is C11H21NO. The van der Waals surface area contributed by atoms with Crippen molar-refractivity contribution >= 4 is 0 Å². The van der Waals surface area contributed by atoms with Crippen molar-refractivity contribution in [1.82, 2.24) is 0 Å². The van der Waals surface area contributed by atoms with Gasteiger partial charge in [0.2, 0.25) is 0 Å². The van der Waals surface area contributed by atoms with E-state index < -0.39 is 0 Å². The largest absolute Gasteiger partial charge is 0.381 e. The van der Waals surface area contributed by atoms with Gasteiger partial charge in [0.25, 0.3) is 0 Å². The molecule has 2 atom stereocenters. The van der Waals surface area contributed by atoms with Gasteiger partial charge in [-0.2, -0.15) is 0 Å². The van der Waals surface area contributed by atoms with E-state index in [1.807, 2.05) is 0 Å². The van der Waals surface area contributed by atoms with Crippen molar-refractivity contribution in [2.45, 2.75) is 45.1 Å². The van der Waals surface area contributed by atoms with Gasteiger partial charge in [-0.3, -0.25) is 0 Å². The summed E-state index contributed by atoms with van der Waals surface area (Å²) >= 11 is 0. The minimum Gasteiger partial charge on any atom is -0.381 e. The third-order valence-corrected chi connectivity index (χ3v) is 4.02. The fourth-order valence-corrected chi connectivity index (χ4v) is 3.08. The van der Waals surface area contributed by atoms with Crippen LogP contribution >= 0.6 is 0 Å². The molecule has 2 aliphatic rings. The Morgan fingerprint density at radius 3 is 2.46 bits per heavy atom. The Bertz CT molecular complexity index is 177. The molecule has 0 bridgehead atoms. The van der Waals surface area contributed by atoms with Gasteiger partial charge in [-0.15, -0.1) is 0 Å². The Labute approximate surface area is 80.8 Å². The van der Waals surface area contributed by atoms with E-state index >= 15 is 0 Å². The summed E-state index contributed by atoms with van der Waals surface area (Å²) in [5.41, 5.74) is 6.52. The van der Waals surface area contributed by atoms with Crippen LogP contribution < -0.4 is 5.73 Å². The highest BCUT2D eigenvalue weighted by molar-refractivity contribution is 4.92. The molecule has 0 aromatic carbocycles. The Kier molecular flexibility index (Phi) is 2.61. The predicted molar refractivity (Wildman–Crippen MR) is 53.5 cm³/mol. The lowest BCUT2D eigenvalue weighted by Gasteiger charge is -2.36. The molecular weight excluding hydrogens is 162 g/mol. The lowest BCUT2D eigenvalue weighted by atomic mass is 9.72. The Hall–Kier alpha value is -0.0800. The molecule has 1 saturated carbocycles. The first-order valence-corrected chi connectivity index (χ1v) is 5.54. The van der Waals surface area contributed by atoms with Crippen molar-refractivity contribution in [3.8, 4) is 0 Å². The van der Waals surface area contributed by atoms with Crippen LogP contribution in [-0.4, -0.2) is 19.3 Å². The third-order valence-electron chi connectivity index (χ3n) is 4.02. The molecule has 2 heteroatoms. The molecule has 2 N–H and O–H groups in total. The molecule has 0 amide bonds. The number of hydrogen-bond acceptors (Lipinski definition) is 2. The minimum absolute atomic E-state index is 0.466. The van der Waals surface area contributed by atoms with E-state index in [-0.39, 0.29) is 0 Å². The molecule has 13 heavy (non-hydrogen) atoms. The zero-order valence-electron chi connectivity index (χ0n) is 8.59. The zero-order valence-corrected chi connectivity index (χ0v) is 8.59. The summed E-state index contributed by atoms with van der Waals surface area (Å²) in [6.07, 6.45) is 6.30. The summed E-state index contributed by atoms with van der Waals surface area (Å²) in [4.78, 5) is 0. The van der Waals surface area contributed by atoms with Gasteiger partial charge in [-0.05, 0) is 43.4 Å². The van der Waals surface area contributed by atoms with Crippen LogP contribution in [0.25, 0.3) is 0 Å². The summed E-state index contributed by atoms with van der Waals surface area (Å²) in [5.74, 6) is 0.870. The molecule has 76 valence electrons. The molecule has 1 saturated heterocycles. The molecule has 2 fully saturated rings. The van der Waals surface area contributed by atoms with Crippen LogP contribution in [0.4, 0.5) is 0 Å². The Morgan fingerprint density at radius 2 is 1.92 bits per heavy atom. The van der Waals surface area contributed by atoms with Gasteiger partial charge in [-0.25, -0.2) is 0 Å². The molecule has 1 heterocycles. The maximum absolute atomic E-state index is 5.99. The van der Waals surface area contributed by atoms with E-state index in [1.165, 1.54) is 32.1 Å². The second-order valence-corrected chi connectivity index (χ2v) is 5.04. The third kappa shape index (κ3) is 1.89. The summed E-state index contributed by atoms with van der Waals surface area (Å²) in [6.45, 7) is 4.36. The zero-order chi connectivity index (χ0) is 9.31. The van der Waals surface area contributed by atoms with Crippen molar-refractivity contribution in [1.29, 1.82) is 0 Å². The maximum Gasteiger partial charge on any atom is 0.0468 e. The highest BCUT2D eigenvalue weighted by atomic mass is 16.5. The summed E-state index contributed by atoms with van der Waals surface area (Å²) < 4.78 is 5.40. The maximum atomic E-state index is 5.99. The van der Waals surface area contributed by atoms with Crippen molar-refractivity contribution in [3.05, 3.63) is 0 Å². The van der Waals surface area contributed by atoms with Gasteiger partial charge in [-0.1, -0.05) is 6.92 Å². The molecule has 0 spiro atoms. The van der Waals surface area contributed by atoms with Crippen molar-refractivity contribution < 1.29 is 4.74 Å². The highest BCUT2D eigenvalue weighted by Gasteiger charge is 2.40. The average molecular weight is 183 g/mol. The molecule has 1 aliphatic carbocycles. The van der Waals surface area contributed by atoms with Crippen LogP contribution in [0.3, 0.4) is 0 Å². The summed E-state index contributed by atoms with van der Waals surface area (Å²) in [5, 5.41) is 0. The van der Waals surface area contributed by atoms with E-state index in [2.05, 4.69) is 6.92 Å². The van der Waals surface area contributed by atoms with Crippen LogP contribution in [0.5, 0.6) is 0 Å². The van der Waals surface area contributed by atoms with Crippen LogP contribution in [0.1, 0.15) is 39.0 Å². The normalized spacial score (nSPS) is 42.5. The monoisotopic (exact) mass is 183 g/mol. The summed E-state index contributed by atoms with van der Waals surface area (Å²) in [6, 6.07) is 0.466. The van der Waals surface area contributed by atoms with Gasteiger partial charge in [0.1, 0.15) is 0 Å². The SMILES string of the molecule is CC1(C2CCOCC2)CCC(N)C1. The first-order chi connectivity index (χ1) is 6.21.